The third-order valence-electron chi connectivity index (χ3n) is 2.66. The maximum absolute atomic E-state index is 11.1. The van der Waals surface area contributed by atoms with E-state index < -0.39 is 0 Å². The minimum Gasteiger partial charge on any atom is -0.315 e. The number of nitrogens with one attached hydrogen (secondary N) is 2. The van der Waals surface area contributed by atoms with Crippen LogP contribution < -0.4 is 10.8 Å². The highest BCUT2D eigenvalue weighted by Gasteiger charge is 2.61. The Kier molecular flexibility index (Phi) is 2.61. The molecule has 2 rings (SSSR count). The van der Waals surface area contributed by atoms with Crippen LogP contribution in [0, 0.1) is 11.3 Å². The van der Waals surface area contributed by atoms with Crippen LogP contribution in [0.25, 0.3) is 0 Å². The molecule has 1 spiro atoms. The average molecular weight is 193 g/mol. The molecular formula is C7H13ClN2O2. The maximum Gasteiger partial charge on any atom is 0.247 e. The van der Waals surface area contributed by atoms with E-state index in [-0.39, 0.29) is 24.2 Å². The minimum atomic E-state index is 0. The van der Waals surface area contributed by atoms with Gasteiger partial charge in [0.2, 0.25) is 5.91 Å². The van der Waals surface area contributed by atoms with Gasteiger partial charge in [0.25, 0.3) is 0 Å². The summed E-state index contributed by atoms with van der Waals surface area (Å²) in [5.41, 5.74) is 2.67. The zero-order chi connectivity index (χ0) is 7.90. The molecule has 0 aromatic carbocycles. The van der Waals surface area contributed by atoms with Gasteiger partial charge in [0.05, 0.1) is 7.11 Å². The first kappa shape index (κ1) is 9.77. The third-order valence-corrected chi connectivity index (χ3v) is 2.66. The van der Waals surface area contributed by atoms with Crippen molar-refractivity contribution in [1.82, 2.24) is 10.8 Å². The fraction of sp³-hybridized carbons (Fsp3) is 0.857. The predicted molar refractivity (Wildman–Crippen MR) is 45.8 cm³/mol. The molecule has 1 unspecified atom stereocenters. The zero-order valence-corrected chi connectivity index (χ0v) is 7.74. The second kappa shape index (κ2) is 3.20. The molecule has 0 radical (unpaired) electrons. The maximum atomic E-state index is 11.1. The second-order valence-corrected chi connectivity index (χ2v) is 3.39. The van der Waals surface area contributed by atoms with Crippen molar-refractivity contribution >= 4 is 18.3 Å². The Labute approximate surface area is 77.4 Å². The number of hydrogen-bond acceptors (Lipinski definition) is 3. The van der Waals surface area contributed by atoms with Gasteiger partial charge in [-0.05, 0) is 6.42 Å². The van der Waals surface area contributed by atoms with E-state index in [1.165, 1.54) is 7.11 Å². The summed E-state index contributed by atoms with van der Waals surface area (Å²) in [6, 6.07) is 0. The van der Waals surface area contributed by atoms with Gasteiger partial charge in [0, 0.05) is 24.4 Å². The number of carbonyl (C=O) groups is 1. The van der Waals surface area contributed by atoms with E-state index in [0.29, 0.717) is 5.41 Å². The van der Waals surface area contributed by atoms with Crippen molar-refractivity contribution < 1.29 is 9.63 Å². The van der Waals surface area contributed by atoms with Gasteiger partial charge in [-0.1, -0.05) is 0 Å². The van der Waals surface area contributed by atoms with Crippen LogP contribution >= 0.6 is 12.4 Å². The van der Waals surface area contributed by atoms with Crippen LogP contribution in [-0.4, -0.2) is 26.1 Å². The first-order valence-electron chi connectivity index (χ1n) is 3.82. The Bertz CT molecular complexity index is 194. The number of halogens is 1. The van der Waals surface area contributed by atoms with Crippen LogP contribution in [0.4, 0.5) is 0 Å². The Hall–Kier alpha value is -0.320. The molecule has 4 nitrogen and oxygen atoms in total. The van der Waals surface area contributed by atoms with Gasteiger partial charge in [-0.2, -0.15) is 0 Å². The molecule has 70 valence electrons. The molecule has 1 amide bonds. The molecule has 0 aromatic rings. The van der Waals surface area contributed by atoms with Gasteiger partial charge >= 0.3 is 0 Å². The molecule has 0 aromatic heterocycles. The number of carbonyl (C=O) groups excluding carboxylic acids is 1. The largest absolute Gasteiger partial charge is 0.315 e. The molecular weight excluding hydrogens is 180 g/mol. The lowest BCUT2D eigenvalue weighted by Gasteiger charge is -2.27. The van der Waals surface area contributed by atoms with Crippen molar-refractivity contribution in [1.29, 1.82) is 0 Å². The minimum absolute atomic E-state index is 0. The fourth-order valence-electron chi connectivity index (χ4n) is 1.73. The SMILES string of the molecule is CONC(=O)C1CC12CNC2.Cl. The standard InChI is InChI=1S/C7H12N2O2.ClH/c1-11-9-6(10)5-2-7(5)3-8-4-7;/h5,8H,2-4H2,1H3,(H,9,10);1H. The van der Waals surface area contributed by atoms with Crippen molar-refractivity contribution in [2.75, 3.05) is 20.2 Å². The summed E-state index contributed by atoms with van der Waals surface area (Å²) in [6.07, 6.45) is 1.02. The van der Waals surface area contributed by atoms with E-state index in [2.05, 4.69) is 15.6 Å². The van der Waals surface area contributed by atoms with E-state index in [4.69, 9.17) is 0 Å². The monoisotopic (exact) mass is 192 g/mol. The van der Waals surface area contributed by atoms with Crippen LogP contribution in [0.1, 0.15) is 6.42 Å². The van der Waals surface area contributed by atoms with E-state index >= 15 is 0 Å². The van der Waals surface area contributed by atoms with Crippen molar-refractivity contribution in [3.8, 4) is 0 Å². The topological polar surface area (TPSA) is 50.4 Å². The first-order chi connectivity index (χ1) is 5.28. The fourth-order valence-corrected chi connectivity index (χ4v) is 1.73. The van der Waals surface area contributed by atoms with E-state index in [9.17, 15) is 4.79 Å². The number of rotatable bonds is 2. The van der Waals surface area contributed by atoms with Gasteiger partial charge in [0.1, 0.15) is 0 Å². The lowest BCUT2D eigenvalue weighted by atomic mass is 9.97. The molecule has 1 aliphatic carbocycles. The summed E-state index contributed by atoms with van der Waals surface area (Å²) < 4.78 is 0. The van der Waals surface area contributed by atoms with E-state index in [0.717, 1.165) is 19.5 Å². The highest BCUT2D eigenvalue weighted by atomic mass is 35.5. The predicted octanol–water partition coefficient (Wildman–Crippen LogP) is -0.305. The van der Waals surface area contributed by atoms with Crippen molar-refractivity contribution in [2.24, 2.45) is 11.3 Å². The summed E-state index contributed by atoms with van der Waals surface area (Å²) >= 11 is 0. The van der Waals surface area contributed by atoms with Crippen LogP contribution in [0.3, 0.4) is 0 Å². The molecule has 1 heterocycles. The number of hydroxylamine groups is 1. The third kappa shape index (κ3) is 1.30. The number of hydrogen-bond donors (Lipinski definition) is 2. The van der Waals surface area contributed by atoms with Crippen molar-refractivity contribution in [3.05, 3.63) is 0 Å². The lowest BCUT2D eigenvalue weighted by molar-refractivity contribution is -0.133. The van der Waals surface area contributed by atoms with Gasteiger partial charge in [-0.3, -0.25) is 9.63 Å². The Balaban J connectivity index is 0.000000720. The summed E-state index contributed by atoms with van der Waals surface area (Å²) in [7, 11) is 1.46. The molecule has 0 bridgehead atoms. The van der Waals surface area contributed by atoms with Crippen LogP contribution in [0.15, 0.2) is 0 Å². The smallest absolute Gasteiger partial charge is 0.247 e. The average Bonchev–Trinajstić information content (AvgIpc) is 2.60. The van der Waals surface area contributed by atoms with E-state index in [1.807, 2.05) is 0 Å². The molecule has 2 N–H and O–H groups in total. The molecule has 1 saturated heterocycles. The normalized spacial score (nSPS) is 28.6. The van der Waals surface area contributed by atoms with Crippen molar-refractivity contribution in [2.45, 2.75) is 6.42 Å². The summed E-state index contributed by atoms with van der Waals surface area (Å²) in [5.74, 6) is 0.234. The molecule has 1 aliphatic heterocycles. The van der Waals surface area contributed by atoms with Gasteiger partial charge in [-0.25, -0.2) is 5.48 Å². The second-order valence-electron chi connectivity index (χ2n) is 3.39. The summed E-state index contributed by atoms with van der Waals surface area (Å²) in [6.45, 7) is 1.99. The Morgan fingerprint density at radius 2 is 2.33 bits per heavy atom. The molecule has 1 atom stereocenters. The zero-order valence-electron chi connectivity index (χ0n) is 6.92. The summed E-state index contributed by atoms with van der Waals surface area (Å²) in [4.78, 5) is 15.7. The Morgan fingerprint density at radius 3 is 2.67 bits per heavy atom. The van der Waals surface area contributed by atoms with Crippen LogP contribution in [0.2, 0.25) is 0 Å². The molecule has 1 saturated carbocycles. The highest BCUT2D eigenvalue weighted by Crippen LogP contribution is 2.55. The van der Waals surface area contributed by atoms with E-state index in [1.54, 1.807) is 0 Å². The van der Waals surface area contributed by atoms with Gasteiger partial charge < -0.3 is 5.32 Å². The Morgan fingerprint density at radius 1 is 1.67 bits per heavy atom. The van der Waals surface area contributed by atoms with Crippen LogP contribution in [0.5, 0.6) is 0 Å². The summed E-state index contributed by atoms with van der Waals surface area (Å²) in [5, 5.41) is 3.17. The lowest BCUT2D eigenvalue weighted by Crippen LogP contribution is -2.47. The van der Waals surface area contributed by atoms with Crippen LogP contribution in [-0.2, 0) is 9.63 Å². The highest BCUT2D eigenvalue weighted by molar-refractivity contribution is 5.85. The number of amides is 1. The molecule has 2 aliphatic rings. The first-order valence-corrected chi connectivity index (χ1v) is 3.82. The molecule has 5 heteroatoms. The van der Waals surface area contributed by atoms with Gasteiger partial charge in [0.15, 0.2) is 0 Å². The van der Waals surface area contributed by atoms with Crippen molar-refractivity contribution in [3.63, 3.8) is 0 Å². The molecule has 2 fully saturated rings. The molecule has 12 heavy (non-hydrogen) atoms. The quantitative estimate of drug-likeness (QED) is 0.591. The van der Waals surface area contributed by atoms with Gasteiger partial charge in [-0.15, -0.1) is 12.4 Å².